The van der Waals surface area contributed by atoms with Gasteiger partial charge in [-0.1, -0.05) is 24.3 Å². The van der Waals surface area contributed by atoms with E-state index in [1.54, 1.807) is 13.2 Å². The van der Waals surface area contributed by atoms with Crippen LogP contribution in [0.3, 0.4) is 0 Å². The zero-order valence-electron chi connectivity index (χ0n) is 12.7. The predicted octanol–water partition coefficient (Wildman–Crippen LogP) is 3.75. The molecule has 0 aliphatic heterocycles. The molecule has 2 rings (SSSR count). The molecule has 0 bridgehead atoms. The van der Waals surface area contributed by atoms with E-state index < -0.39 is 0 Å². The van der Waals surface area contributed by atoms with Gasteiger partial charge in [-0.25, -0.2) is 0 Å². The van der Waals surface area contributed by atoms with Crippen LogP contribution in [0.2, 0.25) is 0 Å². The zero-order chi connectivity index (χ0) is 15.8. The second kappa shape index (κ2) is 7.88. The topological polar surface area (TPSA) is 47.6 Å². The summed E-state index contributed by atoms with van der Waals surface area (Å²) >= 11 is 0. The first-order chi connectivity index (χ1) is 10.7. The fourth-order valence-corrected chi connectivity index (χ4v) is 1.91. The summed E-state index contributed by atoms with van der Waals surface area (Å²) in [6.07, 6.45) is 3.24. The molecule has 0 aromatic heterocycles. The Morgan fingerprint density at radius 3 is 2.55 bits per heavy atom. The summed E-state index contributed by atoms with van der Waals surface area (Å²) in [7, 11) is 1.62. The molecule has 1 amide bonds. The van der Waals surface area contributed by atoms with E-state index in [9.17, 15) is 4.79 Å². The van der Waals surface area contributed by atoms with E-state index in [0.717, 1.165) is 11.3 Å². The third-order valence-electron chi connectivity index (χ3n) is 2.99. The van der Waals surface area contributed by atoms with Gasteiger partial charge in [0.2, 0.25) is 5.91 Å². The highest BCUT2D eigenvalue weighted by Crippen LogP contribution is 2.23. The van der Waals surface area contributed by atoms with Crippen molar-refractivity contribution in [2.75, 3.05) is 19.0 Å². The number of benzene rings is 2. The number of carbonyl (C=O) groups is 1. The monoisotopic (exact) mass is 297 g/mol. The maximum absolute atomic E-state index is 12.0. The summed E-state index contributed by atoms with van der Waals surface area (Å²) in [5.74, 6) is 1.24. The lowest BCUT2D eigenvalue weighted by atomic mass is 10.2. The van der Waals surface area contributed by atoms with Crippen LogP contribution < -0.4 is 14.8 Å². The second-order valence-electron chi connectivity index (χ2n) is 4.52. The molecule has 4 nitrogen and oxygen atoms in total. The molecule has 0 saturated heterocycles. The number of amides is 1. The zero-order valence-corrected chi connectivity index (χ0v) is 12.7. The van der Waals surface area contributed by atoms with Gasteiger partial charge in [0.05, 0.1) is 19.4 Å². The molecule has 1 N–H and O–H groups in total. The van der Waals surface area contributed by atoms with Crippen LogP contribution in [0.25, 0.3) is 6.08 Å². The van der Waals surface area contributed by atoms with Crippen molar-refractivity contribution in [1.29, 1.82) is 0 Å². The number of hydrogen-bond donors (Lipinski definition) is 1. The fourth-order valence-electron chi connectivity index (χ4n) is 1.91. The Bertz CT molecular complexity index is 648. The van der Waals surface area contributed by atoms with Gasteiger partial charge in [-0.2, -0.15) is 0 Å². The Morgan fingerprint density at radius 1 is 1.14 bits per heavy atom. The highest BCUT2D eigenvalue weighted by Gasteiger charge is 2.04. The van der Waals surface area contributed by atoms with Gasteiger partial charge in [-0.15, -0.1) is 0 Å². The number of anilines is 1. The van der Waals surface area contributed by atoms with Crippen molar-refractivity contribution >= 4 is 17.7 Å². The summed E-state index contributed by atoms with van der Waals surface area (Å²) in [5, 5.41) is 2.81. The minimum absolute atomic E-state index is 0.206. The number of nitrogens with one attached hydrogen (secondary N) is 1. The van der Waals surface area contributed by atoms with Crippen molar-refractivity contribution in [3.8, 4) is 11.5 Å². The van der Waals surface area contributed by atoms with Crippen molar-refractivity contribution in [3.63, 3.8) is 0 Å². The summed E-state index contributed by atoms with van der Waals surface area (Å²) in [6, 6.07) is 14.8. The van der Waals surface area contributed by atoms with Crippen LogP contribution in [0.5, 0.6) is 11.5 Å². The summed E-state index contributed by atoms with van der Waals surface area (Å²) in [6.45, 7) is 2.46. The average Bonchev–Trinajstić information content (AvgIpc) is 2.55. The Kier molecular flexibility index (Phi) is 5.60. The van der Waals surface area contributed by atoms with E-state index >= 15 is 0 Å². The summed E-state index contributed by atoms with van der Waals surface area (Å²) in [4.78, 5) is 12.0. The Hall–Kier alpha value is -2.75. The van der Waals surface area contributed by atoms with Crippen molar-refractivity contribution in [2.24, 2.45) is 0 Å². The van der Waals surface area contributed by atoms with Gasteiger partial charge in [-0.3, -0.25) is 4.79 Å². The van der Waals surface area contributed by atoms with Crippen molar-refractivity contribution in [2.45, 2.75) is 6.92 Å². The van der Waals surface area contributed by atoms with Crippen LogP contribution in [0.15, 0.2) is 54.6 Å². The normalized spacial score (nSPS) is 10.5. The second-order valence-corrected chi connectivity index (χ2v) is 4.52. The van der Waals surface area contributed by atoms with E-state index in [2.05, 4.69) is 5.32 Å². The third-order valence-corrected chi connectivity index (χ3v) is 2.99. The van der Waals surface area contributed by atoms with Crippen molar-refractivity contribution < 1.29 is 14.3 Å². The van der Waals surface area contributed by atoms with Crippen LogP contribution >= 0.6 is 0 Å². The lowest BCUT2D eigenvalue weighted by Crippen LogP contribution is -2.09. The minimum Gasteiger partial charge on any atom is -0.497 e. The number of para-hydroxylation sites is 2. The molecule has 0 saturated carbocycles. The molecule has 2 aromatic rings. The molecule has 0 heterocycles. The smallest absolute Gasteiger partial charge is 0.248 e. The van der Waals surface area contributed by atoms with Crippen LogP contribution in [0, 0.1) is 0 Å². The number of carbonyl (C=O) groups excluding carboxylic acids is 1. The van der Waals surface area contributed by atoms with Gasteiger partial charge in [0.1, 0.15) is 11.5 Å². The summed E-state index contributed by atoms with van der Waals surface area (Å²) < 4.78 is 10.6. The van der Waals surface area contributed by atoms with E-state index in [-0.39, 0.29) is 5.91 Å². The van der Waals surface area contributed by atoms with Gasteiger partial charge in [0, 0.05) is 6.08 Å². The minimum atomic E-state index is -0.206. The Morgan fingerprint density at radius 2 is 1.86 bits per heavy atom. The van der Waals surface area contributed by atoms with Crippen molar-refractivity contribution in [3.05, 3.63) is 60.2 Å². The van der Waals surface area contributed by atoms with E-state index in [1.165, 1.54) is 6.08 Å². The maximum Gasteiger partial charge on any atom is 0.248 e. The third kappa shape index (κ3) is 4.38. The molecular weight excluding hydrogens is 278 g/mol. The van der Waals surface area contributed by atoms with Gasteiger partial charge in [0.15, 0.2) is 0 Å². The number of rotatable bonds is 6. The van der Waals surface area contributed by atoms with Crippen LogP contribution in [-0.4, -0.2) is 19.6 Å². The first-order valence-corrected chi connectivity index (χ1v) is 7.08. The number of ether oxygens (including phenoxy) is 2. The van der Waals surface area contributed by atoms with E-state index in [0.29, 0.717) is 18.0 Å². The molecule has 0 fully saturated rings. The molecule has 0 atom stereocenters. The Labute approximate surface area is 130 Å². The SMILES string of the molecule is CCOc1ccccc1NC(=O)C=Cc1ccc(OC)cc1. The van der Waals surface area contributed by atoms with Crippen LogP contribution in [0.1, 0.15) is 12.5 Å². The molecule has 4 heteroatoms. The molecule has 0 spiro atoms. The number of hydrogen-bond acceptors (Lipinski definition) is 3. The van der Waals surface area contributed by atoms with Gasteiger partial charge < -0.3 is 14.8 Å². The molecule has 22 heavy (non-hydrogen) atoms. The predicted molar refractivity (Wildman–Crippen MR) is 88.3 cm³/mol. The van der Waals surface area contributed by atoms with Gasteiger partial charge in [0.25, 0.3) is 0 Å². The average molecular weight is 297 g/mol. The molecule has 0 radical (unpaired) electrons. The van der Waals surface area contributed by atoms with Crippen LogP contribution in [0.4, 0.5) is 5.69 Å². The molecule has 114 valence electrons. The van der Waals surface area contributed by atoms with Gasteiger partial charge in [-0.05, 0) is 42.8 Å². The van der Waals surface area contributed by atoms with E-state index in [1.807, 2.05) is 55.5 Å². The van der Waals surface area contributed by atoms with Crippen LogP contribution in [-0.2, 0) is 4.79 Å². The van der Waals surface area contributed by atoms with Gasteiger partial charge >= 0.3 is 0 Å². The largest absolute Gasteiger partial charge is 0.497 e. The highest BCUT2D eigenvalue weighted by molar-refractivity contribution is 6.02. The molecule has 0 unspecified atom stereocenters. The molecule has 0 aliphatic carbocycles. The molecule has 0 aliphatic rings. The lowest BCUT2D eigenvalue weighted by Gasteiger charge is -2.09. The van der Waals surface area contributed by atoms with Crippen molar-refractivity contribution in [1.82, 2.24) is 0 Å². The lowest BCUT2D eigenvalue weighted by molar-refractivity contribution is -0.111. The maximum atomic E-state index is 12.0. The first kappa shape index (κ1) is 15.6. The Balaban J connectivity index is 2.01. The summed E-state index contributed by atoms with van der Waals surface area (Å²) in [5.41, 5.74) is 1.59. The first-order valence-electron chi connectivity index (χ1n) is 7.08. The fraction of sp³-hybridized carbons (Fsp3) is 0.167. The molecular formula is C18H19NO3. The standard InChI is InChI=1S/C18H19NO3/c1-3-22-17-7-5-4-6-16(17)19-18(20)13-10-14-8-11-15(21-2)12-9-14/h4-13H,3H2,1-2H3,(H,19,20). The highest BCUT2D eigenvalue weighted by atomic mass is 16.5. The van der Waals surface area contributed by atoms with E-state index in [4.69, 9.17) is 9.47 Å². The quantitative estimate of drug-likeness (QED) is 0.826. The molecule has 2 aromatic carbocycles. The number of methoxy groups -OCH3 is 1.